The molecule has 3 aromatic rings. The van der Waals surface area contributed by atoms with Crippen molar-refractivity contribution in [3.05, 3.63) is 65.9 Å². The van der Waals surface area contributed by atoms with Crippen molar-refractivity contribution >= 4 is 10.0 Å². The van der Waals surface area contributed by atoms with Crippen LogP contribution in [0.25, 0.3) is 11.3 Å². The van der Waals surface area contributed by atoms with E-state index in [-0.39, 0.29) is 16.2 Å². The highest BCUT2D eigenvalue weighted by Crippen LogP contribution is 2.31. The Morgan fingerprint density at radius 3 is 2.12 bits per heavy atom. The molecule has 0 radical (unpaired) electrons. The fourth-order valence-electron chi connectivity index (χ4n) is 2.23. The fraction of sp³-hybridized carbons (Fsp3) is 0.125. The van der Waals surface area contributed by atoms with Crippen LogP contribution in [0.2, 0.25) is 0 Å². The molecule has 0 atom stereocenters. The molecule has 0 aliphatic carbocycles. The maximum atomic E-state index is 12.7. The van der Waals surface area contributed by atoms with E-state index in [0.29, 0.717) is 4.09 Å². The van der Waals surface area contributed by atoms with Crippen LogP contribution in [-0.2, 0) is 16.2 Å². The molecular weight excluding hydrogens is 355 g/mol. The van der Waals surface area contributed by atoms with E-state index in [1.807, 2.05) is 6.92 Å². The third-order valence-corrected chi connectivity index (χ3v) is 5.17. The molecule has 0 aliphatic heterocycles. The van der Waals surface area contributed by atoms with Crippen molar-refractivity contribution in [2.24, 2.45) is 0 Å². The molecule has 0 bridgehead atoms. The van der Waals surface area contributed by atoms with Gasteiger partial charge in [0.05, 0.1) is 16.7 Å². The lowest BCUT2D eigenvalue weighted by atomic mass is 10.1. The number of alkyl halides is 3. The van der Waals surface area contributed by atoms with Crippen LogP contribution in [0.5, 0.6) is 0 Å². The summed E-state index contributed by atoms with van der Waals surface area (Å²) in [7, 11) is -4.01. The average molecular weight is 367 g/mol. The highest BCUT2D eigenvalue weighted by Gasteiger charge is 2.30. The summed E-state index contributed by atoms with van der Waals surface area (Å²) in [4.78, 5) is 0.0109. The Kier molecular flexibility index (Phi) is 4.11. The Balaban J connectivity index is 2.05. The number of aryl methyl sites for hydroxylation is 1. The van der Waals surface area contributed by atoms with E-state index in [2.05, 4.69) is 10.3 Å². The van der Waals surface area contributed by atoms with Crippen molar-refractivity contribution < 1.29 is 21.6 Å². The van der Waals surface area contributed by atoms with Crippen molar-refractivity contribution in [1.82, 2.24) is 14.4 Å². The molecule has 130 valence electrons. The summed E-state index contributed by atoms with van der Waals surface area (Å²) in [5.41, 5.74) is 0.403. The third-order valence-electron chi connectivity index (χ3n) is 3.57. The van der Waals surface area contributed by atoms with Crippen molar-refractivity contribution in [2.75, 3.05) is 0 Å². The summed E-state index contributed by atoms with van der Waals surface area (Å²) in [5.74, 6) is 0. The van der Waals surface area contributed by atoms with E-state index in [4.69, 9.17) is 0 Å². The highest BCUT2D eigenvalue weighted by atomic mass is 32.2. The first-order chi connectivity index (χ1) is 11.7. The molecule has 5 nitrogen and oxygen atoms in total. The van der Waals surface area contributed by atoms with E-state index in [1.165, 1.54) is 30.5 Å². The van der Waals surface area contributed by atoms with Crippen LogP contribution >= 0.6 is 0 Å². The second-order valence-electron chi connectivity index (χ2n) is 5.36. The van der Waals surface area contributed by atoms with Crippen molar-refractivity contribution in [3.63, 3.8) is 0 Å². The van der Waals surface area contributed by atoms with Crippen molar-refractivity contribution in [3.8, 4) is 11.3 Å². The summed E-state index contributed by atoms with van der Waals surface area (Å²) in [6.07, 6.45) is -3.28. The Labute approximate surface area is 141 Å². The predicted octanol–water partition coefficient (Wildman–Crippen LogP) is 3.51. The maximum absolute atomic E-state index is 12.7. The standard InChI is InChI=1S/C16H12F3N3O2S/c1-11-2-8-14(9-3-11)25(23,24)22-15(10-20-21-22)12-4-6-13(7-5-12)16(17,18)19/h2-10H,1H3. The van der Waals surface area contributed by atoms with Gasteiger partial charge in [0, 0.05) is 5.56 Å². The summed E-state index contributed by atoms with van der Waals surface area (Å²) in [6.45, 7) is 1.82. The summed E-state index contributed by atoms with van der Waals surface area (Å²) >= 11 is 0. The van der Waals surface area contributed by atoms with Gasteiger partial charge in [-0.1, -0.05) is 35.0 Å². The Hall–Kier alpha value is -2.68. The number of nitrogens with zero attached hydrogens (tertiary/aromatic N) is 3. The number of hydrogen-bond acceptors (Lipinski definition) is 4. The summed E-state index contributed by atoms with van der Waals surface area (Å²) in [6, 6.07) is 10.3. The summed E-state index contributed by atoms with van der Waals surface area (Å²) in [5, 5.41) is 7.18. The van der Waals surface area contributed by atoms with Gasteiger partial charge in [-0.3, -0.25) is 0 Å². The van der Waals surface area contributed by atoms with E-state index in [9.17, 15) is 21.6 Å². The van der Waals surface area contributed by atoms with Gasteiger partial charge in [-0.15, -0.1) is 9.19 Å². The first-order valence-corrected chi connectivity index (χ1v) is 8.54. The maximum Gasteiger partial charge on any atom is 0.416 e. The van der Waals surface area contributed by atoms with Crippen molar-refractivity contribution in [1.29, 1.82) is 0 Å². The molecule has 0 fully saturated rings. The molecule has 0 saturated carbocycles. The Bertz CT molecular complexity index is 992. The minimum atomic E-state index is -4.47. The van der Waals surface area contributed by atoms with E-state index in [0.717, 1.165) is 17.7 Å². The molecular formula is C16H12F3N3O2S. The fourth-order valence-corrected chi connectivity index (χ4v) is 3.46. The van der Waals surface area contributed by atoms with Crippen LogP contribution in [0, 0.1) is 6.92 Å². The van der Waals surface area contributed by atoms with E-state index < -0.39 is 21.8 Å². The van der Waals surface area contributed by atoms with E-state index in [1.54, 1.807) is 12.1 Å². The second kappa shape index (κ2) is 5.99. The number of rotatable bonds is 3. The SMILES string of the molecule is Cc1ccc(S(=O)(=O)n2nncc2-c2ccc(C(F)(F)F)cc2)cc1. The van der Waals surface area contributed by atoms with Crippen LogP contribution in [0.4, 0.5) is 13.2 Å². The second-order valence-corrected chi connectivity index (χ2v) is 7.12. The molecule has 0 amide bonds. The number of hydrogen-bond donors (Lipinski definition) is 0. The first kappa shape index (κ1) is 17.2. The zero-order valence-corrected chi connectivity index (χ0v) is 13.7. The molecule has 25 heavy (non-hydrogen) atoms. The van der Waals surface area contributed by atoms with Crippen molar-refractivity contribution in [2.45, 2.75) is 18.0 Å². The van der Waals surface area contributed by atoms with Gasteiger partial charge in [0.1, 0.15) is 5.69 Å². The monoisotopic (exact) mass is 367 g/mol. The van der Waals surface area contributed by atoms with Gasteiger partial charge < -0.3 is 0 Å². The van der Waals surface area contributed by atoms with Crippen LogP contribution in [0.15, 0.2) is 59.6 Å². The quantitative estimate of drug-likeness (QED) is 0.711. The molecule has 3 rings (SSSR count). The normalized spacial score (nSPS) is 12.3. The Morgan fingerprint density at radius 2 is 1.56 bits per heavy atom. The lowest BCUT2D eigenvalue weighted by Crippen LogP contribution is -2.16. The van der Waals surface area contributed by atoms with Gasteiger partial charge in [0.15, 0.2) is 0 Å². The third kappa shape index (κ3) is 3.27. The first-order valence-electron chi connectivity index (χ1n) is 7.10. The lowest BCUT2D eigenvalue weighted by molar-refractivity contribution is -0.137. The van der Waals surface area contributed by atoms with Gasteiger partial charge in [-0.05, 0) is 31.2 Å². The van der Waals surface area contributed by atoms with Gasteiger partial charge >= 0.3 is 6.18 Å². The molecule has 2 aromatic carbocycles. The van der Waals surface area contributed by atoms with Crippen LogP contribution in [-0.4, -0.2) is 22.8 Å². The molecule has 0 unspecified atom stereocenters. The smallest absolute Gasteiger partial charge is 0.199 e. The molecule has 0 N–H and O–H groups in total. The number of halogens is 3. The highest BCUT2D eigenvalue weighted by molar-refractivity contribution is 7.90. The molecule has 1 aromatic heterocycles. The van der Waals surface area contributed by atoms with Crippen LogP contribution in [0.3, 0.4) is 0 Å². The van der Waals surface area contributed by atoms with Crippen LogP contribution < -0.4 is 0 Å². The molecule has 9 heteroatoms. The summed E-state index contributed by atoms with van der Waals surface area (Å²) < 4.78 is 64.1. The topological polar surface area (TPSA) is 64.8 Å². The van der Waals surface area contributed by atoms with Gasteiger partial charge in [0.2, 0.25) is 0 Å². The minimum absolute atomic E-state index is 0.0109. The molecule has 0 saturated heterocycles. The molecule has 0 aliphatic rings. The molecule has 0 spiro atoms. The number of benzene rings is 2. The number of aromatic nitrogens is 3. The zero-order valence-electron chi connectivity index (χ0n) is 12.9. The molecule has 1 heterocycles. The van der Waals surface area contributed by atoms with E-state index >= 15 is 0 Å². The zero-order chi connectivity index (χ0) is 18.2. The Morgan fingerprint density at radius 1 is 0.960 bits per heavy atom. The average Bonchev–Trinajstić information content (AvgIpc) is 3.05. The predicted molar refractivity (Wildman–Crippen MR) is 84.2 cm³/mol. The van der Waals surface area contributed by atoms with Gasteiger partial charge in [-0.2, -0.15) is 21.6 Å². The van der Waals surface area contributed by atoms with Gasteiger partial charge in [0.25, 0.3) is 10.0 Å². The lowest BCUT2D eigenvalue weighted by Gasteiger charge is -2.10. The minimum Gasteiger partial charge on any atom is -0.199 e. The largest absolute Gasteiger partial charge is 0.416 e. The van der Waals surface area contributed by atoms with Gasteiger partial charge in [-0.25, -0.2) is 0 Å². The van der Waals surface area contributed by atoms with Crippen LogP contribution in [0.1, 0.15) is 11.1 Å².